The number of hydrogen-bond acceptors (Lipinski definition) is 5. The molecule has 2 rings (SSSR count). The highest BCUT2D eigenvalue weighted by atomic mass is 35.5. The van der Waals surface area contributed by atoms with Crippen LogP contribution in [-0.2, 0) is 24.7 Å². The molecule has 0 heterocycles. The Bertz CT molecular complexity index is 986. The van der Waals surface area contributed by atoms with E-state index in [4.69, 9.17) is 11.6 Å². The van der Waals surface area contributed by atoms with Gasteiger partial charge in [0.15, 0.2) is 0 Å². The molecule has 0 aromatic heterocycles. The Kier molecular flexibility index (Phi) is 5.99. The first-order valence-corrected chi connectivity index (χ1v) is 10.6. The molecule has 0 atom stereocenters. The number of rotatable bonds is 7. The second-order valence-corrected chi connectivity index (χ2v) is 9.27. The molecule has 134 valence electrons. The lowest BCUT2D eigenvalue weighted by molar-refractivity contribution is -0.111. The van der Waals surface area contributed by atoms with Crippen molar-refractivity contribution >= 4 is 36.7 Å². The maximum Gasteiger partial charge on any atom is 0.240 e. The first kappa shape index (κ1) is 19.6. The molecule has 6 nitrogen and oxygen atoms in total. The van der Waals surface area contributed by atoms with Gasteiger partial charge >= 0.3 is 0 Å². The molecule has 0 radical (unpaired) electrons. The highest BCUT2D eigenvalue weighted by Gasteiger charge is 2.25. The van der Waals surface area contributed by atoms with E-state index in [-0.39, 0.29) is 33.2 Å². The maximum atomic E-state index is 12.8. The van der Waals surface area contributed by atoms with E-state index < -0.39 is 25.1 Å². The van der Waals surface area contributed by atoms with Gasteiger partial charge in [0.2, 0.25) is 25.1 Å². The van der Waals surface area contributed by atoms with Gasteiger partial charge in [-0.05, 0) is 48.4 Å². The molecule has 0 saturated heterocycles. The van der Waals surface area contributed by atoms with Crippen LogP contribution in [0.1, 0.15) is 12.0 Å². The van der Waals surface area contributed by atoms with Gasteiger partial charge in [-0.3, -0.25) is 4.79 Å². The number of nitrogens with one attached hydrogen (secondary N) is 1. The molecular formula is C16H16ClNO5S2. The summed E-state index contributed by atoms with van der Waals surface area (Å²) in [4.78, 5) is 10.6. The number of benzene rings is 2. The van der Waals surface area contributed by atoms with Crippen LogP contribution in [0.5, 0.6) is 0 Å². The van der Waals surface area contributed by atoms with Crippen molar-refractivity contribution in [3.8, 4) is 0 Å². The Hall–Kier alpha value is -1.74. The third kappa shape index (κ3) is 4.46. The normalized spacial score (nSPS) is 12.1. The molecule has 0 unspecified atom stereocenters. The molecular weight excluding hydrogens is 386 g/mol. The summed E-state index contributed by atoms with van der Waals surface area (Å²) in [5.41, 5.74) is 0.107. The monoisotopic (exact) mass is 401 g/mol. The van der Waals surface area contributed by atoms with Crippen LogP contribution in [0.15, 0.2) is 63.2 Å². The largest absolute Gasteiger partial charge is 0.281 e. The number of carbonyl (C=O) groups excluding carboxylic acids is 1. The minimum atomic E-state index is -3.98. The van der Waals surface area contributed by atoms with Gasteiger partial charge in [0.1, 0.15) is 0 Å². The average molecular weight is 402 g/mol. The second-order valence-electron chi connectivity index (χ2n) is 5.20. The highest BCUT2D eigenvalue weighted by Crippen LogP contribution is 2.27. The van der Waals surface area contributed by atoms with E-state index in [1.54, 1.807) is 18.2 Å². The molecule has 9 heteroatoms. The van der Waals surface area contributed by atoms with Gasteiger partial charge in [0, 0.05) is 13.0 Å². The zero-order chi connectivity index (χ0) is 18.7. The van der Waals surface area contributed by atoms with Gasteiger partial charge in [-0.15, -0.1) is 0 Å². The van der Waals surface area contributed by atoms with Crippen LogP contribution in [0.25, 0.3) is 0 Å². The second kappa shape index (κ2) is 7.65. The lowest BCUT2D eigenvalue weighted by Gasteiger charge is -2.13. The molecule has 1 N–H and O–H groups in total. The Morgan fingerprint density at radius 3 is 2.16 bits per heavy atom. The van der Waals surface area contributed by atoms with Crippen LogP contribution in [0, 0.1) is 6.92 Å². The average Bonchev–Trinajstić information content (AvgIpc) is 2.55. The molecule has 0 bridgehead atoms. The van der Waals surface area contributed by atoms with Crippen molar-refractivity contribution in [1.29, 1.82) is 0 Å². The predicted octanol–water partition coefficient (Wildman–Crippen LogP) is 2.26. The van der Waals surface area contributed by atoms with Gasteiger partial charge in [0.25, 0.3) is 0 Å². The SMILES string of the molecule is Cc1c(S(=O)(=O)NCCC(=O)Cl)cccc1S(=O)(=O)c1ccccc1. The van der Waals surface area contributed by atoms with Crippen molar-refractivity contribution in [2.45, 2.75) is 28.0 Å². The number of sulfonamides is 1. The van der Waals surface area contributed by atoms with Gasteiger partial charge in [-0.25, -0.2) is 21.6 Å². The van der Waals surface area contributed by atoms with E-state index in [1.807, 2.05) is 0 Å². The zero-order valence-electron chi connectivity index (χ0n) is 13.3. The Labute approximate surface area is 151 Å². The third-order valence-electron chi connectivity index (χ3n) is 3.48. The first-order chi connectivity index (χ1) is 11.7. The lowest BCUT2D eigenvalue weighted by Crippen LogP contribution is -2.26. The molecule has 2 aromatic rings. The van der Waals surface area contributed by atoms with E-state index in [9.17, 15) is 21.6 Å². The fourth-order valence-electron chi connectivity index (χ4n) is 2.26. The Morgan fingerprint density at radius 1 is 0.960 bits per heavy atom. The van der Waals surface area contributed by atoms with Crippen molar-refractivity contribution < 1.29 is 21.6 Å². The Balaban J connectivity index is 2.46. The van der Waals surface area contributed by atoms with Crippen LogP contribution < -0.4 is 4.72 Å². The molecule has 0 aliphatic rings. The quantitative estimate of drug-likeness (QED) is 0.717. The summed E-state index contributed by atoms with van der Waals surface area (Å²) in [6.07, 6.45) is -0.165. The van der Waals surface area contributed by atoms with Crippen LogP contribution in [0.2, 0.25) is 0 Å². The molecule has 0 saturated carbocycles. The summed E-state index contributed by atoms with van der Waals surface area (Å²) in [5, 5.41) is -0.667. The van der Waals surface area contributed by atoms with Crippen LogP contribution in [0.4, 0.5) is 0 Å². The number of hydrogen-bond donors (Lipinski definition) is 1. The van der Waals surface area contributed by atoms with Gasteiger partial charge in [0.05, 0.1) is 14.7 Å². The van der Waals surface area contributed by atoms with Crippen molar-refractivity contribution in [3.63, 3.8) is 0 Å². The van der Waals surface area contributed by atoms with Crippen molar-refractivity contribution in [1.82, 2.24) is 4.72 Å². The van der Waals surface area contributed by atoms with E-state index in [0.29, 0.717) is 0 Å². The number of sulfone groups is 1. The van der Waals surface area contributed by atoms with Gasteiger partial charge in [-0.1, -0.05) is 24.3 Å². The van der Waals surface area contributed by atoms with Crippen molar-refractivity contribution in [3.05, 3.63) is 54.1 Å². The van der Waals surface area contributed by atoms with Crippen LogP contribution in [0.3, 0.4) is 0 Å². The summed E-state index contributed by atoms with van der Waals surface area (Å²) in [7, 11) is -7.83. The third-order valence-corrected chi connectivity index (χ3v) is 7.19. The van der Waals surface area contributed by atoms with E-state index in [1.165, 1.54) is 37.3 Å². The van der Waals surface area contributed by atoms with Crippen LogP contribution >= 0.6 is 11.6 Å². The fraction of sp³-hybridized carbons (Fsp3) is 0.188. The molecule has 2 aromatic carbocycles. The van der Waals surface area contributed by atoms with E-state index >= 15 is 0 Å². The summed E-state index contributed by atoms with van der Waals surface area (Å²) in [5.74, 6) is 0. The summed E-state index contributed by atoms with van der Waals surface area (Å²) < 4.78 is 52.5. The predicted molar refractivity (Wildman–Crippen MR) is 93.7 cm³/mol. The van der Waals surface area contributed by atoms with Gasteiger partial charge in [-0.2, -0.15) is 0 Å². The molecule has 25 heavy (non-hydrogen) atoms. The minimum Gasteiger partial charge on any atom is -0.281 e. The molecule has 0 amide bonds. The zero-order valence-corrected chi connectivity index (χ0v) is 15.7. The standard InChI is InChI=1S/C16H16ClNO5S2/c1-12-14(24(20,21)13-6-3-2-4-7-13)8-5-9-15(12)25(22,23)18-11-10-16(17)19/h2-9,18H,10-11H2,1H3. The minimum absolute atomic E-state index is 0.0772. The smallest absolute Gasteiger partial charge is 0.240 e. The number of halogens is 1. The molecule has 0 aliphatic carbocycles. The molecule has 0 fully saturated rings. The fourth-order valence-corrected chi connectivity index (χ4v) is 5.26. The Morgan fingerprint density at radius 2 is 1.56 bits per heavy atom. The van der Waals surface area contributed by atoms with Gasteiger partial charge < -0.3 is 0 Å². The van der Waals surface area contributed by atoms with E-state index in [0.717, 1.165) is 0 Å². The van der Waals surface area contributed by atoms with E-state index in [2.05, 4.69) is 4.72 Å². The summed E-state index contributed by atoms with van der Waals surface area (Å²) in [6, 6.07) is 11.8. The number of carbonyl (C=O) groups is 1. The topological polar surface area (TPSA) is 97.4 Å². The van der Waals surface area contributed by atoms with Crippen molar-refractivity contribution in [2.24, 2.45) is 0 Å². The maximum absolute atomic E-state index is 12.8. The lowest BCUT2D eigenvalue weighted by atomic mass is 10.2. The van der Waals surface area contributed by atoms with Crippen LogP contribution in [-0.4, -0.2) is 28.6 Å². The molecule has 0 aliphatic heterocycles. The summed E-state index contributed by atoms with van der Waals surface area (Å²) in [6.45, 7) is 1.26. The first-order valence-electron chi connectivity index (χ1n) is 7.24. The highest BCUT2D eigenvalue weighted by molar-refractivity contribution is 7.92. The summed E-state index contributed by atoms with van der Waals surface area (Å²) >= 11 is 5.18. The molecule has 0 spiro atoms. The van der Waals surface area contributed by atoms with Crippen molar-refractivity contribution in [2.75, 3.05) is 6.54 Å².